The lowest BCUT2D eigenvalue weighted by Gasteiger charge is -2.22. The minimum absolute atomic E-state index is 0.186. The molecule has 0 saturated carbocycles. The summed E-state index contributed by atoms with van der Waals surface area (Å²) in [7, 11) is 0. The van der Waals surface area contributed by atoms with E-state index in [9.17, 15) is 4.79 Å². The molecule has 0 aliphatic carbocycles. The minimum Gasteiger partial charge on any atom is -0.456 e. The van der Waals surface area contributed by atoms with Gasteiger partial charge in [-0.1, -0.05) is 11.6 Å². The van der Waals surface area contributed by atoms with Gasteiger partial charge >= 0.3 is 5.97 Å². The molecule has 0 radical (unpaired) electrons. The van der Waals surface area contributed by atoms with Crippen LogP contribution in [0.25, 0.3) is 0 Å². The molecule has 1 atom stereocenters. The second-order valence-corrected chi connectivity index (χ2v) is 4.39. The Hall–Kier alpha value is -1.26. The number of hydrogen-bond donors (Lipinski definition) is 1. The number of rotatable bonds is 2. The fourth-order valence-corrected chi connectivity index (χ4v) is 1.91. The lowest BCUT2D eigenvalue weighted by Crippen LogP contribution is -2.28. The molecule has 1 heterocycles. The number of benzene rings is 1. The summed E-state index contributed by atoms with van der Waals surface area (Å²) in [5, 5.41) is 0.348. The maximum atomic E-state index is 11.9. The lowest BCUT2D eigenvalue weighted by molar-refractivity contribution is -0.0305. The maximum Gasteiger partial charge on any atom is 0.340 e. The van der Waals surface area contributed by atoms with Crippen molar-refractivity contribution in [3.05, 3.63) is 28.8 Å². The van der Waals surface area contributed by atoms with Crippen LogP contribution in [0.15, 0.2) is 18.2 Å². The zero-order chi connectivity index (χ0) is 12.3. The monoisotopic (exact) mass is 255 g/mol. The van der Waals surface area contributed by atoms with Gasteiger partial charge < -0.3 is 15.2 Å². The normalized spacial score (nSPS) is 19.9. The van der Waals surface area contributed by atoms with Gasteiger partial charge in [-0.2, -0.15) is 0 Å². The average molecular weight is 256 g/mol. The predicted octanol–water partition coefficient (Wildman–Crippen LogP) is 2.26. The summed E-state index contributed by atoms with van der Waals surface area (Å²) >= 11 is 5.92. The molecule has 0 spiro atoms. The molecule has 5 heteroatoms. The summed E-state index contributed by atoms with van der Waals surface area (Å²) in [6.07, 6.45) is 1.54. The number of hydrogen-bond acceptors (Lipinski definition) is 4. The third-order valence-electron chi connectivity index (χ3n) is 2.60. The van der Waals surface area contributed by atoms with Gasteiger partial charge in [-0.05, 0) is 31.0 Å². The summed E-state index contributed by atoms with van der Waals surface area (Å²) in [6.45, 7) is 1.18. The summed E-state index contributed by atoms with van der Waals surface area (Å²) in [6, 6.07) is 4.75. The van der Waals surface area contributed by atoms with E-state index in [1.165, 1.54) is 6.07 Å². The van der Waals surface area contributed by atoms with E-state index >= 15 is 0 Å². The Balaban J connectivity index is 2.05. The molecule has 1 unspecified atom stereocenters. The Labute approximate surface area is 105 Å². The average Bonchev–Trinajstić information content (AvgIpc) is 2.33. The predicted molar refractivity (Wildman–Crippen MR) is 65.1 cm³/mol. The Kier molecular flexibility index (Phi) is 3.86. The second-order valence-electron chi connectivity index (χ2n) is 3.98. The van der Waals surface area contributed by atoms with E-state index < -0.39 is 5.97 Å². The van der Waals surface area contributed by atoms with E-state index in [2.05, 4.69) is 0 Å². The van der Waals surface area contributed by atoms with E-state index in [1.807, 2.05) is 0 Å². The van der Waals surface area contributed by atoms with Crippen LogP contribution in [0.4, 0.5) is 5.69 Å². The van der Waals surface area contributed by atoms with Crippen LogP contribution in [0.2, 0.25) is 5.02 Å². The van der Waals surface area contributed by atoms with Gasteiger partial charge in [-0.15, -0.1) is 0 Å². The van der Waals surface area contributed by atoms with Gasteiger partial charge in [0.1, 0.15) is 6.10 Å². The molecular weight excluding hydrogens is 242 g/mol. The van der Waals surface area contributed by atoms with Crippen molar-refractivity contribution in [2.45, 2.75) is 18.9 Å². The molecule has 4 nitrogen and oxygen atoms in total. The van der Waals surface area contributed by atoms with Crippen LogP contribution in [0.3, 0.4) is 0 Å². The van der Waals surface area contributed by atoms with E-state index in [0.717, 1.165) is 19.4 Å². The zero-order valence-corrected chi connectivity index (χ0v) is 10.1. The van der Waals surface area contributed by atoms with Crippen molar-refractivity contribution in [3.63, 3.8) is 0 Å². The van der Waals surface area contributed by atoms with Gasteiger partial charge in [-0.25, -0.2) is 4.79 Å². The molecule has 1 aromatic rings. The standard InChI is InChI=1S/C12H14ClNO3/c13-11-4-3-8(14)6-10(11)12(15)17-9-2-1-5-16-7-9/h3-4,6,9H,1-2,5,7,14H2. The van der Waals surface area contributed by atoms with Gasteiger partial charge in [0.25, 0.3) is 0 Å². The molecule has 17 heavy (non-hydrogen) atoms. The first kappa shape index (κ1) is 12.2. The van der Waals surface area contributed by atoms with E-state index in [4.69, 9.17) is 26.8 Å². The quantitative estimate of drug-likeness (QED) is 0.650. The molecule has 1 aliphatic heterocycles. The summed E-state index contributed by atoms with van der Waals surface area (Å²) in [4.78, 5) is 11.9. The number of carbonyl (C=O) groups excluding carboxylic acids is 1. The number of halogens is 1. The lowest BCUT2D eigenvalue weighted by atomic mass is 10.1. The summed E-state index contributed by atoms with van der Waals surface area (Å²) in [5.74, 6) is -0.446. The molecule has 1 fully saturated rings. The van der Waals surface area contributed by atoms with Crippen molar-refractivity contribution in [1.29, 1.82) is 0 Å². The van der Waals surface area contributed by atoms with Crippen LogP contribution in [-0.2, 0) is 9.47 Å². The topological polar surface area (TPSA) is 61.6 Å². The Morgan fingerprint density at radius 2 is 2.35 bits per heavy atom. The van der Waals surface area contributed by atoms with Crippen LogP contribution in [0.1, 0.15) is 23.2 Å². The zero-order valence-electron chi connectivity index (χ0n) is 9.32. The first-order valence-corrected chi connectivity index (χ1v) is 5.88. The Morgan fingerprint density at radius 1 is 1.53 bits per heavy atom. The van der Waals surface area contributed by atoms with Crippen LogP contribution in [0.5, 0.6) is 0 Å². The highest BCUT2D eigenvalue weighted by atomic mass is 35.5. The SMILES string of the molecule is Nc1ccc(Cl)c(C(=O)OC2CCCOC2)c1. The number of carbonyl (C=O) groups is 1. The van der Waals surface area contributed by atoms with E-state index in [-0.39, 0.29) is 6.10 Å². The van der Waals surface area contributed by atoms with Gasteiger partial charge in [-0.3, -0.25) is 0 Å². The van der Waals surface area contributed by atoms with Crippen LogP contribution in [0, 0.1) is 0 Å². The number of anilines is 1. The van der Waals surface area contributed by atoms with Crippen molar-refractivity contribution < 1.29 is 14.3 Å². The van der Waals surface area contributed by atoms with Gasteiger partial charge in [0, 0.05) is 12.3 Å². The van der Waals surface area contributed by atoms with E-state index in [0.29, 0.717) is 22.9 Å². The van der Waals surface area contributed by atoms with Crippen molar-refractivity contribution in [2.24, 2.45) is 0 Å². The van der Waals surface area contributed by atoms with Crippen molar-refractivity contribution in [3.8, 4) is 0 Å². The molecule has 2 N–H and O–H groups in total. The summed E-state index contributed by atoms with van der Waals surface area (Å²) in [5.41, 5.74) is 6.40. The van der Waals surface area contributed by atoms with Gasteiger partial charge in [0.15, 0.2) is 0 Å². The third-order valence-corrected chi connectivity index (χ3v) is 2.93. The van der Waals surface area contributed by atoms with Crippen molar-refractivity contribution in [1.82, 2.24) is 0 Å². The van der Waals surface area contributed by atoms with E-state index in [1.54, 1.807) is 12.1 Å². The number of nitrogen functional groups attached to an aromatic ring is 1. The minimum atomic E-state index is -0.446. The highest BCUT2D eigenvalue weighted by Gasteiger charge is 2.20. The number of esters is 1. The van der Waals surface area contributed by atoms with Crippen molar-refractivity contribution >= 4 is 23.3 Å². The molecule has 2 rings (SSSR count). The van der Waals surface area contributed by atoms with Crippen LogP contribution in [-0.4, -0.2) is 25.3 Å². The first-order valence-electron chi connectivity index (χ1n) is 5.50. The summed E-state index contributed by atoms with van der Waals surface area (Å²) < 4.78 is 10.5. The molecular formula is C12H14ClNO3. The van der Waals surface area contributed by atoms with Gasteiger partial charge in [0.2, 0.25) is 0 Å². The molecule has 1 aliphatic rings. The first-order chi connectivity index (χ1) is 8.16. The second kappa shape index (κ2) is 5.38. The molecule has 0 amide bonds. The van der Waals surface area contributed by atoms with Gasteiger partial charge in [0.05, 0.1) is 17.2 Å². The van der Waals surface area contributed by atoms with Crippen LogP contribution < -0.4 is 5.73 Å². The molecule has 0 aromatic heterocycles. The molecule has 1 aromatic carbocycles. The number of nitrogens with two attached hydrogens (primary N) is 1. The Morgan fingerprint density at radius 3 is 3.06 bits per heavy atom. The molecule has 1 saturated heterocycles. The highest BCUT2D eigenvalue weighted by Crippen LogP contribution is 2.21. The Bertz CT molecular complexity index is 416. The number of ether oxygens (including phenoxy) is 2. The smallest absolute Gasteiger partial charge is 0.340 e. The maximum absolute atomic E-state index is 11.9. The largest absolute Gasteiger partial charge is 0.456 e. The highest BCUT2D eigenvalue weighted by molar-refractivity contribution is 6.33. The third kappa shape index (κ3) is 3.11. The molecule has 0 bridgehead atoms. The fraction of sp³-hybridized carbons (Fsp3) is 0.417. The fourth-order valence-electron chi connectivity index (χ4n) is 1.72. The van der Waals surface area contributed by atoms with Crippen molar-refractivity contribution in [2.75, 3.05) is 18.9 Å². The molecule has 92 valence electrons. The van der Waals surface area contributed by atoms with Crippen LogP contribution >= 0.6 is 11.6 Å².